The normalized spacial score (nSPS) is 12.5. The van der Waals surface area contributed by atoms with Gasteiger partial charge in [0.25, 0.3) is 0 Å². The van der Waals surface area contributed by atoms with E-state index in [0.717, 1.165) is 21.8 Å². The molecular formula is C16H19ClN2. The van der Waals surface area contributed by atoms with Crippen LogP contribution in [0.3, 0.4) is 0 Å². The molecular weight excluding hydrogens is 256 g/mol. The lowest BCUT2D eigenvalue weighted by atomic mass is 9.98. The number of hydrogen-bond acceptors (Lipinski definition) is 2. The van der Waals surface area contributed by atoms with E-state index < -0.39 is 0 Å². The van der Waals surface area contributed by atoms with Crippen LogP contribution in [0.15, 0.2) is 30.5 Å². The van der Waals surface area contributed by atoms with Gasteiger partial charge in [0.15, 0.2) is 0 Å². The lowest BCUT2D eigenvalue weighted by Gasteiger charge is -2.19. The largest absolute Gasteiger partial charge is 0.308 e. The predicted octanol–water partition coefficient (Wildman–Crippen LogP) is 3.97. The van der Waals surface area contributed by atoms with Crippen molar-refractivity contribution in [3.63, 3.8) is 0 Å². The number of nitrogens with zero attached hydrogens (tertiary/aromatic N) is 1. The van der Waals surface area contributed by atoms with E-state index in [2.05, 4.69) is 36.3 Å². The Morgan fingerprint density at radius 1 is 1.11 bits per heavy atom. The second kappa shape index (κ2) is 5.72. The zero-order valence-electron chi connectivity index (χ0n) is 11.8. The monoisotopic (exact) mass is 274 g/mol. The molecule has 1 aromatic heterocycles. The molecule has 0 amide bonds. The quantitative estimate of drug-likeness (QED) is 0.916. The molecule has 0 spiro atoms. The van der Waals surface area contributed by atoms with Gasteiger partial charge >= 0.3 is 0 Å². The fourth-order valence-corrected chi connectivity index (χ4v) is 2.47. The third-order valence-corrected chi connectivity index (χ3v) is 3.75. The molecule has 1 aromatic carbocycles. The number of aromatic nitrogens is 1. The van der Waals surface area contributed by atoms with Gasteiger partial charge in [-0.3, -0.25) is 4.98 Å². The minimum absolute atomic E-state index is 0.0682. The Bertz CT molecular complexity index is 593. The van der Waals surface area contributed by atoms with Crippen LogP contribution in [-0.2, 0) is 0 Å². The highest BCUT2D eigenvalue weighted by atomic mass is 35.5. The molecule has 1 atom stereocenters. The average Bonchev–Trinajstić information content (AvgIpc) is 2.37. The molecule has 3 heteroatoms. The maximum Gasteiger partial charge on any atom is 0.0752 e. The van der Waals surface area contributed by atoms with E-state index in [0.29, 0.717) is 0 Å². The van der Waals surface area contributed by atoms with E-state index >= 15 is 0 Å². The number of rotatable bonds is 3. The Kier molecular flexibility index (Phi) is 4.23. The van der Waals surface area contributed by atoms with Gasteiger partial charge in [-0.05, 0) is 56.1 Å². The van der Waals surface area contributed by atoms with Crippen molar-refractivity contribution in [3.05, 3.63) is 63.4 Å². The van der Waals surface area contributed by atoms with E-state index in [4.69, 9.17) is 11.6 Å². The molecule has 100 valence electrons. The van der Waals surface area contributed by atoms with E-state index in [1.165, 1.54) is 11.1 Å². The van der Waals surface area contributed by atoms with E-state index in [1.807, 2.05) is 32.3 Å². The van der Waals surface area contributed by atoms with Crippen molar-refractivity contribution in [2.24, 2.45) is 0 Å². The minimum Gasteiger partial charge on any atom is -0.308 e. The van der Waals surface area contributed by atoms with Crippen molar-refractivity contribution in [1.82, 2.24) is 10.3 Å². The first-order valence-electron chi connectivity index (χ1n) is 6.39. The number of pyridine rings is 1. The number of halogens is 1. The summed E-state index contributed by atoms with van der Waals surface area (Å²) < 4.78 is 0. The highest BCUT2D eigenvalue weighted by molar-refractivity contribution is 6.31. The Balaban J connectivity index is 2.46. The molecule has 0 fully saturated rings. The van der Waals surface area contributed by atoms with Crippen LogP contribution in [0.2, 0.25) is 5.02 Å². The molecule has 0 saturated carbocycles. The zero-order chi connectivity index (χ0) is 14.0. The predicted molar refractivity (Wildman–Crippen MR) is 80.8 cm³/mol. The molecule has 0 saturated heterocycles. The summed E-state index contributed by atoms with van der Waals surface area (Å²) in [4.78, 5) is 4.57. The van der Waals surface area contributed by atoms with Gasteiger partial charge in [-0.2, -0.15) is 0 Å². The maximum absolute atomic E-state index is 6.22. The van der Waals surface area contributed by atoms with Crippen molar-refractivity contribution in [3.8, 4) is 0 Å². The van der Waals surface area contributed by atoms with Crippen LogP contribution in [0, 0.1) is 20.8 Å². The fraction of sp³-hybridized carbons (Fsp3) is 0.312. The van der Waals surface area contributed by atoms with Crippen LogP contribution in [-0.4, -0.2) is 12.0 Å². The van der Waals surface area contributed by atoms with E-state index in [9.17, 15) is 0 Å². The Hall–Kier alpha value is -1.38. The van der Waals surface area contributed by atoms with Crippen molar-refractivity contribution < 1.29 is 0 Å². The maximum atomic E-state index is 6.22. The van der Waals surface area contributed by atoms with Gasteiger partial charge in [0.1, 0.15) is 0 Å². The standard InChI is InChI=1S/C16H19ClN2/c1-10-7-12(3)15(19-9-10)16(18-4)13-6-5-11(2)14(17)8-13/h5-9,16,18H,1-4H3. The Labute approximate surface area is 119 Å². The van der Waals surface area contributed by atoms with Crippen LogP contribution < -0.4 is 5.32 Å². The second-order valence-corrected chi connectivity index (χ2v) is 5.35. The van der Waals surface area contributed by atoms with Gasteiger partial charge in [-0.1, -0.05) is 29.8 Å². The lowest BCUT2D eigenvalue weighted by molar-refractivity contribution is 0.665. The number of benzene rings is 1. The molecule has 2 nitrogen and oxygen atoms in total. The average molecular weight is 275 g/mol. The summed E-state index contributed by atoms with van der Waals surface area (Å²) in [6.07, 6.45) is 1.91. The molecule has 2 rings (SSSR count). The third kappa shape index (κ3) is 2.96. The molecule has 0 aliphatic rings. The van der Waals surface area contributed by atoms with Crippen molar-refractivity contribution in [2.45, 2.75) is 26.8 Å². The van der Waals surface area contributed by atoms with Crippen LogP contribution in [0.25, 0.3) is 0 Å². The summed E-state index contributed by atoms with van der Waals surface area (Å²) in [6.45, 7) is 6.16. The molecule has 0 aliphatic heterocycles. The summed E-state index contributed by atoms with van der Waals surface area (Å²) in [5, 5.41) is 4.11. The molecule has 0 radical (unpaired) electrons. The molecule has 1 heterocycles. The van der Waals surface area contributed by atoms with Crippen molar-refractivity contribution in [1.29, 1.82) is 0 Å². The van der Waals surface area contributed by atoms with Crippen LogP contribution >= 0.6 is 11.6 Å². The summed E-state index contributed by atoms with van der Waals surface area (Å²) in [5.41, 5.74) is 5.65. The first-order chi connectivity index (χ1) is 9.02. The smallest absolute Gasteiger partial charge is 0.0752 e. The molecule has 1 unspecified atom stereocenters. The SMILES string of the molecule is CNC(c1ccc(C)c(Cl)c1)c1ncc(C)cc1C. The second-order valence-electron chi connectivity index (χ2n) is 4.95. The number of hydrogen-bond donors (Lipinski definition) is 1. The van der Waals surface area contributed by atoms with E-state index in [1.54, 1.807) is 0 Å². The summed E-state index contributed by atoms with van der Waals surface area (Å²) in [5.74, 6) is 0. The number of aryl methyl sites for hydroxylation is 3. The first kappa shape index (κ1) is 14.0. The zero-order valence-corrected chi connectivity index (χ0v) is 12.5. The molecule has 1 N–H and O–H groups in total. The summed E-state index contributed by atoms with van der Waals surface area (Å²) in [7, 11) is 1.94. The van der Waals surface area contributed by atoms with Gasteiger partial charge < -0.3 is 5.32 Å². The van der Waals surface area contributed by atoms with Crippen molar-refractivity contribution >= 4 is 11.6 Å². The van der Waals surface area contributed by atoms with Crippen LogP contribution in [0.5, 0.6) is 0 Å². The highest BCUT2D eigenvalue weighted by Gasteiger charge is 2.16. The lowest BCUT2D eigenvalue weighted by Crippen LogP contribution is -2.20. The van der Waals surface area contributed by atoms with Crippen LogP contribution in [0.4, 0.5) is 0 Å². The van der Waals surface area contributed by atoms with Gasteiger partial charge in [-0.15, -0.1) is 0 Å². The van der Waals surface area contributed by atoms with E-state index in [-0.39, 0.29) is 6.04 Å². The van der Waals surface area contributed by atoms with Gasteiger partial charge in [0.05, 0.1) is 11.7 Å². The molecule has 19 heavy (non-hydrogen) atoms. The summed E-state index contributed by atoms with van der Waals surface area (Å²) >= 11 is 6.22. The fourth-order valence-electron chi connectivity index (χ4n) is 2.28. The molecule has 0 bridgehead atoms. The topological polar surface area (TPSA) is 24.9 Å². The molecule has 0 aliphatic carbocycles. The Morgan fingerprint density at radius 2 is 1.84 bits per heavy atom. The summed E-state index contributed by atoms with van der Waals surface area (Å²) in [6, 6.07) is 8.38. The Morgan fingerprint density at radius 3 is 2.42 bits per heavy atom. The third-order valence-electron chi connectivity index (χ3n) is 3.35. The van der Waals surface area contributed by atoms with Crippen LogP contribution in [0.1, 0.15) is 34.0 Å². The number of nitrogens with one attached hydrogen (secondary N) is 1. The van der Waals surface area contributed by atoms with Gasteiger partial charge in [0, 0.05) is 11.2 Å². The first-order valence-corrected chi connectivity index (χ1v) is 6.77. The van der Waals surface area contributed by atoms with Gasteiger partial charge in [-0.25, -0.2) is 0 Å². The minimum atomic E-state index is 0.0682. The van der Waals surface area contributed by atoms with Gasteiger partial charge in [0.2, 0.25) is 0 Å². The highest BCUT2D eigenvalue weighted by Crippen LogP contribution is 2.26. The van der Waals surface area contributed by atoms with Crippen molar-refractivity contribution in [2.75, 3.05) is 7.05 Å². The molecule has 2 aromatic rings.